The third kappa shape index (κ3) is 4.04. The Morgan fingerprint density at radius 2 is 2.05 bits per heavy atom. The molecule has 1 N–H and O–H groups in total. The first-order valence-electron chi connectivity index (χ1n) is 7.30. The smallest absolute Gasteiger partial charge is 0.236 e. The van der Waals surface area contributed by atoms with E-state index in [1.807, 2.05) is 24.8 Å². The second-order valence-corrected chi connectivity index (χ2v) is 4.98. The van der Waals surface area contributed by atoms with Gasteiger partial charge in [-0.25, -0.2) is 4.98 Å². The minimum atomic E-state index is 0.136. The molecular weight excluding hydrogens is 270 g/mol. The minimum Gasteiger partial charge on any atom is -0.478 e. The lowest BCUT2D eigenvalue weighted by atomic mass is 10.3. The van der Waals surface area contributed by atoms with Gasteiger partial charge < -0.3 is 19.9 Å². The molecule has 1 amide bonds. The van der Waals surface area contributed by atoms with Crippen LogP contribution in [0.5, 0.6) is 5.88 Å². The second-order valence-electron chi connectivity index (χ2n) is 4.98. The number of anilines is 1. The van der Waals surface area contributed by atoms with E-state index in [9.17, 15) is 4.79 Å². The topological polar surface area (TPSA) is 70.6 Å². The zero-order valence-corrected chi connectivity index (χ0v) is 12.9. The third-order valence-corrected chi connectivity index (χ3v) is 3.35. The average molecular weight is 293 g/mol. The molecule has 0 saturated carbocycles. The normalized spacial score (nSPS) is 15.2. The number of aryl methyl sites for hydroxylation is 1. The van der Waals surface area contributed by atoms with Crippen LogP contribution >= 0.6 is 0 Å². The number of amides is 1. The summed E-state index contributed by atoms with van der Waals surface area (Å²) in [6.45, 7) is 7.71. The first kappa shape index (κ1) is 15.5. The highest BCUT2D eigenvalue weighted by molar-refractivity contribution is 5.78. The van der Waals surface area contributed by atoms with Crippen molar-refractivity contribution >= 4 is 11.9 Å². The molecule has 2 heterocycles. The van der Waals surface area contributed by atoms with E-state index in [2.05, 4.69) is 20.2 Å². The van der Waals surface area contributed by atoms with Gasteiger partial charge in [0.2, 0.25) is 17.7 Å². The maximum Gasteiger partial charge on any atom is 0.236 e. The van der Waals surface area contributed by atoms with Crippen LogP contribution in [0, 0.1) is 6.92 Å². The van der Waals surface area contributed by atoms with E-state index in [1.54, 1.807) is 7.05 Å². The highest BCUT2D eigenvalue weighted by Crippen LogP contribution is 2.17. The van der Waals surface area contributed by atoms with Crippen molar-refractivity contribution in [2.45, 2.75) is 13.8 Å². The lowest BCUT2D eigenvalue weighted by Crippen LogP contribution is -2.51. The van der Waals surface area contributed by atoms with Crippen LogP contribution in [-0.2, 0) is 4.79 Å². The molecule has 1 aliphatic heterocycles. The molecule has 0 radical (unpaired) electrons. The Morgan fingerprint density at radius 1 is 1.33 bits per heavy atom. The Kier molecular flexibility index (Phi) is 5.32. The summed E-state index contributed by atoms with van der Waals surface area (Å²) in [4.78, 5) is 24.7. The molecule has 0 spiro atoms. The number of rotatable bonds is 5. The molecule has 0 unspecified atom stereocenters. The van der Waals surface area contributed by atoms with Crippen LogP contribution in [0.1, 0.15) is 12.6 Å². The fourth-order valence-electron chi connectivity index (χ4n) is 2.31. The van der Waals surface area contributed by atoms with E-state index in [0.717, 1.165) is 18.8 Å². The van der Waals surface area contributed by atoms with Crippen molar-refractivity contribution in [2.75, 3.05) is 51.3 Å². The molecular formula is C14H23N5O2. The van der Waals surface area contributed by atoms with Gasteiger partial charge >= 0.3 is 0 Å². The predicted octanol–water partition coefficient (Wildman–Crippen LogP) is 0.0517. The van der Waals surface area contributed by atoms with Crippen LogP contribution in [-0.4, -0.2) is 67.2 Å². The highest BCUT2D eigenvalue weighted by Gasteiger charge is 2.22. The van der Waals surface area contributed by atoms with Crippen molar-refractivity contribution < 1.29 is 9.53 Å². The van der Waals surface area contributed by atoms with Crippen molar-refractivity contribution in [1.82, 2.24) is 20.2 Å². The Labute approximate surface area is 125 Å². The number of ether oxygens (including phenoxy) is 1. The monoisotopic (exact) mass is 293 g/mol. The van der Waals surface area contributed by atoms with E-state index >= 15 is 0 Å². The van der Waals surface area contributed by atoms with E-state index in [-0.39, 0.29) is 5.91 Å². The molecule has 0 atom stereocenters. The largest absolute Gasteiger partial charge is 0.478 e. The Bertz CT molecular complexity index is 486. The number of piperazine rings is 1. The van der Waals surface area contributed by atoms with Crippen molar-refractivity contribution in [3.05, 3.63) is 11.8 Å². The van der Waals surface area contributed by atoms with Gasteiger partial charge in [0.05, 0.1) is 13.2 Å². The van der Waals surface area contributed by atoms with Gasteiger partial charge in [-0.15, -0.1) is 0 Å². The van der Waals surface area contributed by atoms with Crippen LogP contribution in [0.15, 0.2) is 6.07 Å². The van der Waals surface area contributed by atoms with E-state index < -0.39 is 0 Å². The first-order valence-corrected chi connectivity index (χ1v) is 7.30. The molecule has 21 heavy (non-hydrogen) atoms. The number of hydrogen-bond acceptors (Lipinski definition) is 6. The summed E-state index contributed by atoms with van der Waals surface area (Å²) in [5.74, 6) is 1.42. The number of aromatic nitrogens is 2. The van der Waals surface area contributed by atoms with Gasteiger partial charge in [-0.05, 0) is 20.9 Å². The van der Waals surface area contributed by atoms with Gasteiger partial charge in [0.25, 0.3) is 0 Å². The second kappa shape index (κ2) is 7.21. The summed E-state index contributed by atoms with van der Waals surface area (Å²) in [5, 5.41) is 2.89. The van der Waals surface area contributed by atoms with Gasteiger partial charge in [0, 0.05) is 37.9 Å². The van der Waals surface area contributed by atoms with E-state index in [0.29, 0.717) is 38.1 Å². The highest BCUT2D eigenvalue weighted by atomic mass is 16.5. The molecule has 1 saturated heterocycles. The van der Waals surface area contributed by atoms with Gasteiger partial charge in [-0.2, -0.15) is 4.98 Å². The number of nitrogens with one attached hydrogen (secondary N) is 1. The predicted molar refractivity (Wildman–Crippen MR) is 80.7 cm³/mol. The summed E-state index contributed by atoms with van der Waals surface area (Å²) in [6, 6.07) is 1.83. The standard InChI is InChI=1S/C14H23N5O2/c1-4-21-12-9-11(2)16-14(17-12)19-7-5-18(6-8-19)13(20)10-15-3/h9,15H,4-8,10H2,1-3H3. The molecule has 7 heteroatoms. The van der Waals surface area contributed by atoms with Gasteiger partial charge in [0.1, 0.15) is 0 Å². The number of nitrogens with zero attached hydrogens (tertiary/aromatic N) is 4. The Hall–Kier alpha value is -1.89. The van der Waals surface area contributed by atoms with E-state index in [4.69, 9.17) is 4.74 Å². The number of carbonyl (C=O) groups excluding carboxylic acids is 1. The fraction of sp³-hybridized carbons (Fsp3) is 0.643. The van der Waals surface area contributed by atoms with Crippen molar-refractivity contribution in [3.63, 3.8) is 0 Å². The average Bonchev–Trinajstić information content (AvgIpc) is 2.47. The number of hydrogen-bond donors (Lipinski definition) is 1. The van der Waals surface area contributed by atoms with Gasteiger partial charge in [0.15, 0.2) is 0 Å². The van der Waals surface area contributed by atoms with Crippen LogP contribution < -0.4 is 15.0 Å². The molecule has 7 nitrogen and oxygen atoms in total. The maximum absolute atomic E-state index is 11.8. The summed E-state index contributed by atoms with van der Waals surface area (Å²) in [5.41, 5.74) is 0.886. The molecule has 2 rings (SSSR count). The minimum absolute atomic E-state index is 0.136. The summed E-state index contributed by atoms with van der Waals surface area (Å²) >= 11 is 0. The van der Waals surface area contributed by atoms with E-state index in [1.165, 1.54) is 0 Å². The Balaban J connectivity index is 2.00. The molecule has 1 fully saturated rings. The molecule has 0 bridgehead atoms. The SMILES string of the molecule is CCOc1cc(C)nc(N2CCN(C(=O)CNC)CC2)n1. The first-order chi connectivity index (χ1) is 10.1. The summed E-state index contributed by atoms with van der Waals surface area (Å²) in [6.07, 6.45) is 0. The fourth-order valence-corrected chi connectivity index (χ4v) is 2.31. The number of likely N-dealkylation sites (N-methyl/N-ethyl adjacent to an activating group) is 1. The zero-order chi connectivity index (χ0) is 15.2. The molecule has 1 aromatic heterocycles. The summed E-state index contributed by atoms with van der Waals surface area (Å²) < 4.78 is 5.46. The van der Waals surface area contributed by atoms with Crippen LogP contribution in [0.2, 0.25) is 0 Å². The molecule has 0 aliphatic carbocycles. The lowest BCUT2D eigenvalue weighted by molar-refractivity contribution is -0.130. The Morgan fingerprint density at radius 3 is 2.67 bits per heavy atom. The van der Waals surface area contributed by atoms with Crippen LogP contribution in [0.3, 0.4) is 0 Å². The van der Waals surface area contributed by atoms with Gasteiger partial charge in [-0.1, -0.05) is 0 Å². The van der Waals surface area contributed by atoms with Crippen molar-refractivity contribution in [2.24, 2.45) is 0 Å². The van der Waals surface area contributed by atoms with Crippen LogP contribution in [0.4, 0.5) is 5.95 Å². The molecule has 0 aromatic carbocycles. The molecule has 1 aromatic rings. The third-order valence-electron chi connectivity index (χ3n) is 3.35. The van der Waals surface area contributed by atoms with Crippen molar-refractivity contribution in [3.8, 4) is 5.88 Å². The summed E-state index contributed by atoms with van der Waals surface area (Å²) in [7, 11) is 1.78. The zero-order valence-electron chi connectivity index (χ0n) is 12.9. The molecule has 116 valence electrons. The molecule has 1 aliphatic rings. The number of carbonyl (C=O) groups is 1. The van der Waals surface area contributed by atoms with Crippen molar-refractivity contribution in [1.29, 1.82) is 0 Å². The lowest BCUT2D eigenvalue weighted by Gasteiger charge is -2.34. The van der Waals surface area contributed by atoms with Crippen LogP contribution in [0.25, 0.3) is 0 Å². The maximum atomic E-state index is 11.8. The quantitative estimate of drug-likeness (QED) is 0.827. The van der Waals surface area contributed by atoms with Gasteiger partial charge in [-0.3, -0.25) is 4.79 Å².